The molecule has 1 N–H and O–H groups in total. The Labute approximate surface area is 95.2 Å². The van der Waals surface area contributed by atoms with Gasteiger partial charge >= 0.3 is 5.97 Å². The van der Waals surface area contributed by atoms with E-state index in [1.807, 2.05) is 18.0 Å². The molecule has 1 rings (SSSR count). The van der Waals surface area contributed by atoms with Crippen molar-refractivity contribution in [3.63, 3.8) is 0 Å². The van der Waals surface area contributed by atoms with Crippen LogP contribution in [0.1, 0.15) is 23.3 Å². The lowest BCUT2D eigenvalue weighted by Crippen LogP contribution is -2.20. The van der Waals surface area contributed by atoms with Gasteiger partial charge in [0.1, 0.15) is 5.82 Å². The van der Waals surface area contributed by atoms with Gasteiger partial charge in [-0.25, -0.2) is 9.78 Å². The summed E-state index contributed by atoms with van der Waals surface area (Å²) in [5.74, 6) is -0.315. The number of hydrogen-bond acceptors (Lipinski definition) is 3. The Balaban J connectivity index is 2.67. The number of hydrogen-bond donors (Lipinski definition) is 1. The van der Waals surface area contributed by atoms with Crippen LogP contribution >= 0.6 is 0 Å². The maximum atomic E-state index is 10.7. The predicted octanol–water partition coefficient (Wildman–Crippen LogP) is 2.18. The third kappa shape index (κ3) is 3.38. The first kappa shape index (κ1) is 12.2. The summed E-state index contributed by atoms with van der Waals surface area (Å²) in [5, 5.41) is 8.81. The normalized spacial score (nSPS) is 9.81. The quantitative estimate of drug-likeness (QED) is 0.589. The highest BCUT2D eigenvalue weighted by Gasteiger charge is 2.07. The lowest BCUT2D eigenvalue weighted by atomic mass is 10.3. The van der Waals surface area contributed by atoms with Crippen molar-refractivity contribution in [2.45, 2.75) is 12.8 Å². The summed E-state index contributed by atoms with van der Waals surface area (Å²) in [5.41, 5.74) is 0.0769. The van der Waals surface area contributed by atoms with Gasteiger partial charge in [-0.3, -0.25) is 0 Å². The van der Waals surface area contributed by atoms with E-state index in [0.29, 0.717) is 5.82 Å². The van der Waals surface area contributed by atoms with Gasteiger partial charge in [0, 0.05) is 13.6 Å². The molecule has 16 heavy (non-hydrogen) atoms. The van der Waals surface area contributed by atoms with Crippen molar-refractivity contribution in [2.75, 3.05) is 18.5 Å². The maximum absolute atomic E-state index is 10.7. The molecule has 0 aliphatic heterocycles. The number of aromatic nitrogens is 1. The van der Waals surface area contributed by atoms with Crippen molar-refractivity contribution in [1.82, 2.24) is 4.98 Å². The number of unbranched alkanes of at least 4 members (excludes halogenated alkanes) is 1. The zero-order valence-electron chi connectivity index (χ0n) is 9.39. The van der Waals surface area contributed by atoms with Crippen LogP contribution in [0, 0.1) is 0 Å². The molecule has 0 bridgehead atoms. The van der Waals surface area contributed by atoms with E-state index in [1.165, 1.54) is 6.07 Å². The summed E-state index contributed by atoms with van der Waals surface area (Å²) >= 11 is 0. The van der Waals surface area contributed by atoms with Crippen LogP contribution in [-0.4, -0.2) is 29.7 Å². The van der Waals surface area contributed by atoms with E-state index in [0.717, 1.165) is 19.4 Å². The Morgan fingerprint density at radius 1 is 1.62 bits per heavy atom. The lowest BCUT2D eigenvalue weighted by Gasteiger charge is -2.17. The number of carboxylic acid groups (broad SMARTS) is 1. The van der Waals surface area contributed by atoms with Gasteiger partial charge in [0.05, 0.1) is 0 Å². The summed E-state index contributed by atoms with van der Waals surface area (Å²) in [7, 11) is 1.90. The van der Waals surface area contributed by atoms with Crippen molar-refractivity contribution >= 4 is 11.8 Å². The number of rotatable bonds is 6. The Kier molecular flexibility index (Phi) is 4.51. The van der Waals surface area contributed by atoms with Crippen LogP contribution in [0.15, 0.2) is 30.9 Å². The molecule has 4 heteroatoms. The fourth-order valence-electron chi connectivity index (χ4n) is 1.34. The predicted molar refractivity (Wildman–Crippen MR) is 63.9 cm³/mol. The van der Waals surface area contributed by atoms with Gasteiger partial charge < -0.3 is 10.0 Å². The molecule has 86 valence electrons. The van der Waals surface area contributed by atoms with E-state index in [4.69, 9.17) is 5.11 Å². The maximum Gasteiger partial charge on any atom is 0.354 e. The van der Waals surface area contributed by atoms with Crippen molar-refractivity contribution in [3.05, 3.63) is 36.5 Å². The minimum absolute atomic E-state index is 0.0769. The SMILES string of the molecule is C=CCCCN(C)c1cccc(C(=O)O)n1. The molecule has 0 atom stereocenters. The van der Waals surface area contributed by atoms with Crippen LogP contribution < -0.4 is 4.90 Å². The Hall–Kier alpha value is -1.84. The first-order valence-corrected chi connectivity index (χ1v) is 5.17. The summed E-state index contributed by atoms with van der Waals surface area (Å²) in [6, 6.07) is 5.00. The molecule has 4 nitrogen and oxygen atoms in total. The highest BCUT2D eigenvalue weighted by Crippen LogP contribution is 2.10. The molecule has 0 aliphatic rings. The summed E-state index contributed by atoms with van der Waals surface area (Å²) in [4.78, 5) is 16.7. The molecule has 0 spiro atoms. The zero-order chi connectivity index (χ0) is 12.0. The zero-order valence-corrected chi connectivity index (χ0v) is 9.39. The molecular formula is C12H16N2O2. The van der Waals surface area contributed by atoms with Crippen molar-refractivity contribution in [3.8, 4) is 0 Å². The lowest BCUT2D eigenvalue weighted by molar-refractivity contribution is 0.0690. The van der Waals surface area contributed by atoms with Crippen LogP contribution in [0.4, 0.5) is 5.82 Å². The second kappa shape index (κ2) is 5.90. The summed E-state index contributed by atoms with van der Waals surface area (Å²) in [6.45, 7) is 4.49. The number of carboxylic acids is 1. The third-order valence-corrected chi connectivity index (χ3v) is 2.25. The molecule has 0 radical (unpaired) electrons. The summed E-state index contributed by atoms with van der Waals surface area (Å²) in [6.07, 6.45) is 3.80. The first-order chi connectivity index (χ1) is 7.65. The number of pyridine rings is 1. The molecular weight excluding hydrogens is 204 g/mol. The van der Waals surface area contributed by atoms with Gasteiger partial charge in [-0.15, -0.1) is 6.58 Å². The smallest absolute Gasteiger partial charge is 0.354 e. The molecule has 0 aliphatic carbocycles. The number of allylic oxidation sites excluding steroid dienone is 1. The molecule has 0 aromatic carbocycles. The highest BCUT2D eigenvalue weighted by molar-refractivity contribution is 5.85. The van der Waals surface area contributed by atoms with E-state index >= 15 is 0 Å². The highest BCUT2D eigenvalue weighted by atomic mass is 16.4. The molecule has 1 heterocycles. The summed E-state index contributed by atoms with van der Waals surface area (Å²) < 4.78 is 0. The molecule has 1 aromatic rings. The fraction of sp³-hybridized carbons (Fsp3) is 0.333. The molecule has 0 saturated carbocycles. The van der Waals surface area contributed by atoms with Crippen molar-refractivity contribution in [2.24, 2.45) is 0 Å². The van der Waals surface area contributed by atoms with E-state index in [9.17, 15) is 4.79 Å². The van der Waals surface area contributed by atoms with Gasteiger partial charge in [-0.1, -0.05) is 12.1 Å². The minimum atomic E-state index is -0.999. The number of carbonyl (C=O) groups is 1. The van der Waals surface area contributed by atoms with Gasteiger partial charge in [0.2, 0.25) is 0 Å². The monoisotopic (exact) mass is 220 g/mol. The number of anilines is 1. The average molecular weight is 220 g/mol. The second-order valence-electron chi connectivity index (χ2n) is 3.54. The first-order valence-electron chi connectivity index (χ1n) is 5.17. The topological polar surface area (TPSA) is 53.4 Å². The Bertz CT molecular complexity index is 377. The van der Waals surface area contributed by atoms with Crippen molar-refractivity contribution in [1.29, 1.82) is 0 Å². The fourth-order valence-corrected chi connectivity index (χ4v) is 1.34. The second-order valence-corrected chi connectivity index (χ2v) is 3.54. The van der Waals surface area contributed by atoms with Crippen molar-refractivity contribution < 1.29 is 9.90 Å². The van der Waals surface area contributed by atoms with Crippen LogP contribution in [0.3, 0.4) is 0 Å². The van der Waals surface area contributed by atoms with Gasteiger partial charge in [0.25, 0.3) is 0 Å². The van der Waals surface area contributed by atoms with Gasteiger partial charge in [-0.05, 0) is 25.0 Å². The van der Waals surface area contributed by atoms with Gasteiger partial charge in [-0.2, -0.15) is 0 Å². The molecule has 1 aromatic heterocycles. The van der Waals surface area contributed by atoms with E-state index in [1.54, 1.807) is 12.1 Å². The van der Waals surface area contributed by atoms with E-state index in [-0.39, 0.29) is 5.69 Å². The minimum Gasteiger partial charge on any atom is -0.477 e. The Morgan fingerprint density at radius 3 is 3.00 bits per heavy atom. The number of aromatic carboxylic acids is 1. The van der Waals surface area contributed by atoms with Crippen LogP contribution in [0.5, 0.6) is 0 Å². The van der Waals surface area contributed by atoms with Crippen LogP contribution in [-0.2, 0) is 0 Å². The average Bonchev–Trinajstić information content (AvgIpc) is 2.29. The standard InChI is InChI=1S/C12H16N2O2/c1-3-4-5-9-14(2)11-8-6-7-10(13-11)12(15)16/h3,6-8H,1,4-5,9H2,2H3,(H,15,16). The van der Waals surface area contributed by atoms with E-state index in [2.05, 4.69) is 11.6 Å². The molecule has 0 saturated heterocycles. The largest absolute Gasteiger partial charge is 0.477 e. The van der Waals surface area contributed by atoms with E-state index < -0.39 is 5.97 Å². The van der Waals surface area contributed by atoms with Crippen LogP contribution in [0.25, 0.3) is 0 Å². The molecule has 0 amide bonds. The van der Waals surface area contributed by atoms with Gasteiger partial charge in [0.15, 0.2) is 5.69 Å². The van der Waals surface area contributed by atoms with Crippen LogP contribution in [0.2, 0.25) is 0 Å². The Morgan fingerprint density at radius 2 is 2.38 bits per heavy atom. The molecule has 0 unspecified atom stereocenters. The third-order valence-electron chi connectivity index (χ3n) is 2.25. The molecule has 0 fully saturated rings. The number of nitrogens with zero attached hydrogens (tertiary/aromatic N) is 2.